The molecule has 1 aromatic carbocycles. The second-order valence-corrected chi connectivity index (χ2v) is 3.69. The molecule has 0 fully saturated rings. The first-order chi connectivity index (χ1) is 6.29. The van der Waals surface area contributed by atoms with E-state index in [0.29, 0.717) is 0 Å². The van der Waals surface area contributed by atoms with E-state index in [1.807, 2.05) is 0 Å². The van der Waals surface area contributed by atoms with Gasteiger partial charge in [0, 0.05) is 0 Å². The zero-order valence-electron chi connectivity index (χ0n) is 7.82. The van der Waals surface area contributed by atoms with Gasteiger partial charge < -0.3 is 4.74 Å². The number of rotatable bonds is 1. The zero-order chi connectivity index (χ0) is 10.9. The van der Waals surface area contributed by atoms with Crippen LogP contribution in [0, 0.1) is 11.6 Å². The second-order valence-electron chi connectivity index (χ2n) is 3.69. The minimum atomic E-state index is -0.593. The maximum absolute atomic E-state index is 13.3. The van der Waals surface area contributed by atoms with E-state index >= 15 is 0 Å². The van der Waals surface area contributed by atoms with E-state index in [9.17, 15) is 8.78 Å². The zero-order valence-corrected chi connectivity index (χ0v) is 7.82. The lowest BCUT2D eigenvalue weighted by molar-refractivity contribution is 0.117. The molecule has 0 spiro atoms. The average Bonchev–Trinajstić information content (AvgIpc) is 1.95. The Balaban J connectivity index is 3.09. The van der Waals surface area contributed by atoms with Crippen LogP contribution in [0.4, 0.5) is 8.78 Å². The van der Waals surface area contributed by atoms with Crippen molar-refractivity contribution in [3.8, 4) is 5.75 Å². The second kappa shape index (κ2) is 3.60. The molecule has 1 aromatic rings. The molecule has 0 unspecified atom stereocenters. The highest BCUT2D eigenvalue weighted by Gasteiger charge is 2.18. The predicted molar refractivity (Wildman–Crippen MR) is 56.3 cm³/mol. The van der Waals surface area contributed by atoms with E-state index < -0.39 is 17.2 Å². The first-order valence-electron chi connectivity index (χ1n) is 3.94. The van der Waals surface area contributed by atoms with Gasteiger partial charge in [-0.25, -0.2) is 14.2 Å². The third-order valence-corrected chi connectivity index (χ3v) is 1.26. The number of hydrogen-bond acceptors (Lipinski definition) is 1. The fraction of sp³-hybridized carbons (Fsp3) is 0.400. The molecular formula is C10H14BF2O-. The lowest BCUT2D eigenvalue weighted by Gasteiger charge is -2.22. The van der Waals surface area contributed by atoms with E-state index in [2.05, 4.69) is 0 Å². The Morgan fingerprint density at radius 1 is 1.14 bits per heavy atom. The molecule has 78 valence electrons. The molecular weight excluding hydrogens is 185 g/mol. The summed E-state index contributed by atoms with van der Waals surface area (Å²) in [5.41, 5.74) is 0.213. The fourth-order valence-electron chi connectivity index (χ4n) is 0.837. The van der Waals surface area contributed by atoms with Gasteiger partial charge in [0.15, 0.2) is 17.4 Å². The number of ether oxygens (including phenoxy) is 1. The summed E-state index contributed by atoms with van der Waals surface area (Å²) in [5.74, 6) is -1.45. The van der Waals surface area contributed by atoms with E-state index in [-0.39, 0.29) is 13.6 Å². The van der Waals surface area contributed by atoms with Gasteiger partial charge in [-0.15, -0.1) is 0 Å². The van der Waals surface area contributed by atoms with Crippen LogP contribution in [-0.4, -0.2) is 13.4 Å². The van der Waals surface area contributed by atoms with Crippen LogP contribution in [0.3, 0.4) is 0 Å². The topological polar surface area (TPSA) is 9.23 Å². The first kappa shape index (κ1) is 11.0. The molecule has 0 aromatic heterocycles. The molecule has 0 atom stereocenters. The van der Waals surface area contributed by atoms with Crippen molar-refractivity contribution in [2.75, 3.05) is 0 Å². The van der Waals surface area contributed by atoms with Gasteiger partial charge in [-0.1, -0.05) is 12.1 Å². The molecule has 0 amide bonds. The van der Waals surface area contributed by atoms with Gasteiger partial charge in [-0.05, 0) is 28.6 Å². The quantitative estimate of drug-likeness (QED) is 0.616. The van der Waals surface area contributed by atoms with Crippen molar-refractivity contribution in [2.24, 2.45) is 0 Å². The molecule has 1 rings (SSSR count). The monoisotopic (exact) mass is 199 g/mol. The molecule has 0 radical (unpaired) electrons. The van der Waals surface area contributed by atoms with Crippen molar-refractivity contribution >= 4 is 13.3 Å². The van der Waals surface area contributed by atoms with Crippen LogP contribution in [0.15, 0.2) is 12.1 Å². The highest BCUT2D eigenvalue weighted by atomic mass is 19.1. The highest BCUT2D eigenvalue weighted by Crippen LogP contribution is 2.24. The summed E-state index contributed by atoms with van der Waals surface area (Å²) in [6.07, 6.45) is 0. The number of benzene rings is 1. The molecule has 0 bridgehead atoms. The minimum absolute atomic E-state index is 0.180. The molecule has 1 nitrogen and oxygen atoms in total. The van der Waals surface area contributed by atoms with Gasteiger partial charge in [-0.2, -0.15) is 0 Å². The van der Waals surface area contributed by atoms with Crippen LogP contribution in [0.1, 0.15) is 20.8 Å². The van der Waals surface area contributed by atoms with Gasteiger partial charge in [0.25, 0.3) is 0 Å². The predicted octanol–water partition coefficient (Wildman–Crippen LogP) is 1.13. The van der Waals surface area contributed by atoms with Crippen molar-refractivity contribution < 1.29 is 13.5 Å². The van der Waals surface area contributed by atoms with Gasteiger partial charge in [-0.3, -0.25) is 0 Å². The van der Waals surface area contributed by atoms with Crippen molar-refractivity contribution in [2.45, 2.75) is 26.4 Å². The SMILES string of the molecule is [BH3-]c1cc(F)c(OC(C)(C)C)c(F)c1. The van der Waals surface area contributed by atoms with Crippen molar-refractivity contribution in [3.63, 3.8) is 0 Å². The van der Waals surface area contributed by atoms with E-state index in [1.165, 1.54) is 12.1 Å². The Kier molecular flexibility index (Phi) is 2.83. The Morgan fingerprint density at radius 3 is 1.93 bits per heavy atom. The summed E-state index contributed by atoms with van der Waals surface area (Å²) < 4.78 is 31.8. The van der Waals surface area contributed by atoms with Gasteiger partial charge in [0.2, 0.25) is 0 Å². The van der Waals surface area contributed by atoms with Crippen LogP contribution in [-0.2, 0) is 0 Å². The minimum Gasteiger partial charge on any atom is -0.482 e. The smallest absolute Gasteiger partial charge is 0.191 e. The Morgan fingerprint density at radius 2 is 1.57 bits per heavy atom. The summed E-state index contributed by atoms with van der Waals surface area (Å²) in [5, 5.41) is 0. The third kappa shape index (κ3) is 2.72. The largest absolute Gasteiger partial charge is 0.482 e. The maximum atomic E-state index is 13.3. The lowest BCUT2D eigenvalue weighted by atomic mass is 9.96. The summed E-state index contributed by atoms with van der Waals surface area (Å²) in [4.78, 5) is 0. The van der Waals surface area contributed by atoms with E-state index in [4.69, 9.17) is 4.74 Å². The molecule has 0 saturated heterocycles. The molecule has 0 heterocycles. The Labute approximate surface area is 83.5 Å². The molecule has 0 N–H and O–H groups in total. The molecule has 0 saturated carbocycles. The molecule has 0 aliphatic heterocycles. The van der Waals surface area contributed by atoms with Crippen molar-refractivity contribution in [1.82, 2.24) is 0 Å². The van der Waals surface area contributed by atoms with E-state index in [1.54, 1.807) is 20.8 Å². The van der Waals surface area contributed by atoms with Crippen LogP contribution >= 0.6 is 0 Å². The molecule has 0 aliphatic rings. The van der Waals surface area contributed by atoms with E-state index in [0.717, 1.165) is 5.46 Å². The Hall–Kier alpha value is -1.06. The van der Waals surface area contributed by atoms with Gasteiger partial charge in [0.1, 0.15) is 5.60 Å². The first-order valence-corrected chi connectivity index (χ1v) is 3.94. The fourth-order valence-corrected chi connectivity index (χ4v) is 0.837. The van der Waals surface area contributed by atoms with Crippen LogP contribution in [0.5, 0.6) is 5.75 Å². The molecule has 4 heteroatoms. The van der Waals surface area contributed by atoms with Crippen LogP contribution < -0.4 is 10.2 Å². The van der Waals surface area contributed by atoms with Crippen molar-refractivity contribution in [3.05, 3.63) is 23.8 Å². The van der Waals surface area contributed by atoms with Crippen LogP contribution in [0.2, 0.25) is 0 Å². The molecule has 14 heavy (non-hydrogen) atoms. The summed E-state index contributed by atoms with van der Waals surface area (Å²) in [6.45, 7) is 5.27. The maximum Gasteiger partial charge on any atom is 0.191 e. The third-order valence-electron chi connectivity index (χ3n) is 1.26. The van der Waals surface area contributed by atoms with Gasteiger partial charge in [0.05, 0.1) is 0 Å². The number of hydrogen-bond donors (Lipinski definition) is 0. The number of halogens is 2. The lowest BCUT2D eigenvalue weighted by Crippen LogP contribution is -2.25. The molecule has 0 aliphatic carbocycles. The van der Waals surface area contributed by atoms with Gasteiger partial charge >= 0.3 is 0 Å². The average molecular weight is 199 g/mol. The summed E-state index contributed by atoms with van der Waals surface area (Å²) in [6, 6.07) is 2.73. The van der Waals surface area contributed by atoms with Crippen molar-refractivity contribution in [1.29, 1.82) is 0 Å². The normalized spacial score (nSPS) is 11.6. The highest BCUT2D eigenvalue weighted by molar-refractivity contribution is 6.32. The van der Waals surface area contributed by atoms with Crippen LogP contribution in [0.25, 0.3) is 0 Å². The standard InChI is InChI=1S/C10H14BF2O/c1-10(2,3)14-9-7(12)4-6(11)5-8(9)13/h4-5H,1-3,11H3/q-1. The summed E-state index contributed by atoms with van der Waals surface area (Å²) in [7, 11) is -0.180. The summed E-state index contributed by atoms with van der Waals surface area (Å²) >= 11 is 0. The Bertz CT molecular complexity index is 321.